The van der Waals surface area contributed by atoms with Crippen molar-refractivity contribution in [2.24, 2.45) is 0 Å². The van der Waals surface area contributed by atoms with Gasteiger partial charge in [0.15, 0.2) is 0 Å². The second-order valence-corrected chi connectivity index (χ2v) is 9.67. The molecule has 2 heterocycles. The second kappa shape index (κ2) is 7.38. The van der Waals surface area contributed by atoms with Crippen LogP contribution in [0.25, 0.3) is 0 Å². The van der Waals surface area contributed by atoms with E-state index in [1.54, 1.807) is 10.4 Å². The number of aryl methyl sites for hydroxylation is 1. The predicted octanol–water partition coefficient (Wildman–Crippen LogP) is 3.77. The normalized spacial score (nSPS) is 21.4. The first-order chi connectivity index (χ1) is 13.0. The lowest BCUT2D eigenvalue weighted by Crippen LogP contribution is -2.53. The number of nitrogens with zero attached hydrogens (tertiary/aromatic N) is 2. The van der Waals surface area contributed by atoms with Gasteiger partial charge in [0.05, 0.1) is 4.90 Å². The summed E-state index contributed by atoms with van der Waals surface area (Å²) in [5.74, 6) is 0. The molecule has 2 saturated heterocycles. The lowest BCUT2D eigenvalue weighted by atomic mass is 9.80. The molecule has 0 radical (unpaired) electrons. The minimum atomic E-state index is -3.43. The molecule has 0 N–H and O–H groups in total. The summed E-state index contributed by atoms with van der Waals surface area (Å²) in [5, 5.41) is 0. The molecule has 27 heavy (non-hydrogen) atoms. The van der Waals surface area contributed by atoms with Gasteiger partial charge in [-0.05, 0) is 62.9 Å². The highest BCUT2D eigenvalue weighted by Crippen LogP contribution is 2.41. The molecule has 2 aliphatic heterocycles. The van der Waals surface area contributed by atoms with E-state index < -0.39 is 10.0 Å². The van der Waals surface area contributed by atoms with Crippen LogP contribution in [0.4, 0.5) is 0 Å². The Bertz CT molecular complexity index is 882. The Hall–Kier alpha value is -1.69. The number of benzene rings is 2. The van der Waals surface area contributed by atoms with Crippen molar-refractivity contribution in [3.05, 3.63) is 65.7 Å². The Balaban J connectivity index is 1.61. The molecule has 0 aliphatic carbocycles. The summed E-state index contributed by atoms with van der Waals surface area (Å²) in [4.78, 5) is 3.04. The van der Waals surface area contributed by atoms with E-state index in [1.165, 1.54) is 18.4 Å². The smallest absolute Gasteiger partial charge is 0.243 e. The van der Waals surface area contributed by atoms with Gasteiger partial charge < -0.3 is 0 Å². The Kier molecular flexibility index (Phi) is 5.10. The Morgan fingerprint density at radius 3 is 2.04 bits per heavy atom. The number of rotatable bonds is 4. The molecule has 5 heteroatoms. The minimum Gasteiger partial charge on any atom is -0.293 e. The van der Waals surface area contributed by atoms with Crippen LogP contribution in [0.15, 0.2) is 59.5 Å². The van der Waals surface area contributed by atoms with E-state index in [0.29, 0.717) is 18.0 Å². The summed E-state index contributed by atoms with van der Waals surface area (Å²) in [6, 6.07) is 18.0. The molecule has 0 atom stereocenters. The molecule has 2 aliphatic rings. The number of hydrogen-bond acceptors (Lipinski definition) is 3. The Labute approximate surface area is 162 Å². The molecule has 0 aromatic heterocycles. The van der Waals surface area contributed by atoms with Crippen LogP contribution < -0.4 is 0 Å². The van der Waals surface area contributed by atoms with E-state index in [2.05, 4.69) is 35.2 Å². The second-order valence-electron chi connectivity index (χ2n) is 7.76. The van der Waals surface area contributed by atoms with Gasteiger partial charge in [0, 0.05) is 18.6 Å². The van der Waals surface area contributed by atoms with Crippen molar-refractivity contribution in [1.82, 2.24) is 9.21 Å². The molecule has 2 fully saturated rings. The molecule has 0 bridgehead atoms. The van der Waals surface area contributed by atoms with Crippen molar-refractivity contribution in [2.75, 3.05) is 26.2 Å². The first kappa shape index (κ1) is 18.7. The van der Waals surface area contributed by atoms with Crippen molar-refractivity contribution < 1.29 is 8.42 Å². The van der Waals surface area contributed by atoms with Gasteiger partial charge in [0.2, 0.25) is 10.0 Å². The van der Waals surface area contributed by atoms with Gasteiger partial charge in [-0.3, -0.25) is 4.90 Å². The fraction of sp³-hybridized carbons (Fsp3) is 0.455. The molecule has 4 nitrogen and oxygen atoms in total. The van der Waals surface area contributed by atoms with Gasteiger partial charge in [-0.1, -0.05) is 48.5 Å². The standard InChI is InChI=1S/C22H28N2O2S/c1-19-9-5-6-12-21(19)27(25,26)24-17-13-22(14-18-24,23-15-7-8-16-23)20-10-3-2-4-11-20/h2-6,9-12H,7-8,13-18H2,1H3. The van der Waals surface area contributed by atoms with Gasteiger partial charge in [0.25, 0.3) is 0 Å². The van der Waals surface area contributed by atoms with E-state index in [0.717, 1.165) is 31.5 Å². The van der Waals surface area contributed by atoms with Gasteiger partial charge in [0.1, 0.15) is 0 Å². The van der Waals surface area contributed by atoms with Crippen LogP contribution in [-0.4, -0.2) is 43.8 Å². The average Bonchev–Trinajstić information content (AvgIpc) is 3.24. The molecule has 0 unspecified atom stereocenters. The third-order valence-electron chi connectivity index (χ3n) is 6.28. The molecule has 0 saturated carbocycles. The van der Waals surface area contributed by atoms with Crippen molar-refractivity contribution >= 4 is 10.0 Å². The maximum atomic E-state index is 13.2. The predicted molar refractivity (Wildman–Crippen MR) is 108 cm³/mol. The van der Waals surface area contributed by atoms with Crippen molar-refractivity contribution in [3.63, 3.8) is 0 Å². The minimum absolute atomic E-state index is 0.0322. The van der Waals surface area contributed by atoms with Crippen LogP contribution in [-0.2, 0) is 15.6 Å². The summed E-state index contributed by atoms with van der Waals surface area (Å²) in [7, 11) is -3.43. The SMILES string of the molecule is Cc1ccccc1S(=O)(=O)N1CCC(c2ccccc2)(N2CCCC2)CC1. The molecule has 144 valence electrons. The largest absolute Gasteiger partial charge is 0.293 e. The zero-order valence-electron chi connectivity index (χ0n) is 16.0. The van der Waals surface area contributed by atoms with Crippen molar-refractivity contribution in [2.45, 2.75) is 43.0 Å². The van der Waals surface area contributed by atoms with Crippen LogP contribution in [0.5, 0.6) is 0 Å². The summed E-state index contributed by atoms with van der Waals surface area (Å²) < 4.78 is 28.1. The number of sulfonamides is 1. The lowest BCUT2D eigenvalue weighted by molar-refractivity contribution is 0.0572. The van der Waals surface area contributed by atoms with Crippen LogP contribution >= 0.6 is 0 Å². The first-order valence-corrected chi connectivity index (χ1v) is 11.3. The molecule has 4 rings (SSSR count). The molecular weight excluding hydrogens is 356 g/mol. The van der Waals surface area contributed by atoms with E-state index in [-0.39, 0.29) is 5.54 Å². The fourth-order valence-corrected chi connectivity index (χ4v) is 6.43. The van der Waals surface area contributed by atoms with Crippen molar-refractivity contribution in [3.8, 4) is 0 Å². The molecule has 0 spiro atoms. The summed E-state index contributed by atoms with van der Waals surface area (Å²) in [5.41, 5.74) is 2.12. The first-order valence-electron chi connectivity index (χ1n) is 9.90. The Morgan fingerprint density at radius 2 is 1.41 bits per heavy atom. The van der Waals surface area contributed by atoms with E-state index >= 15 is 0 Å². The van der Waals surface area contributed by atoms with Gasteiger partial charge in [-0.15, -0.1) is 0 Å². The quantitative estimate of drug-likeness (QED) is 0.806. The zero-order valence-corrected chi connectivity index (χ0v) is 16.8. The number of hydrogen-bond donors (Lipinski definition) is 0. The highest BCUT2D eigenvalue weighted by Gasteiger charge is 2.44. The van der Waals surface area contributed by atoms with E-state index in [4.69, 9.17) is 0 Å². The van der Waals surface area contributed by atoms with E-state index in [9.17, 15) is 8.42 Å². The van der Waals surface area contributed by atoms with Gasteiger partial charge >= 0.3 is 0 Å². The van der Waals surface area contributed by atoms with E-state index in [1.807, 2.05) is 25.1 Å². The maximum absolute atomic E-state index is 13.2. The number of piperidine rings is 1. The van der Waals surface area contributed by atoms with Crippen LogP contribution in [0.2, 0.25) is 0 Å². The van der Waals surface area contributed by atoms with Gasteiger partial charge in [-0.2, -0.15) is 4.31 Å². The molecule has 0 amide bonds. The third kappa shape index (κ3) is 3.33. The zero-order chi connectivity index (χ0) is 18.9. The summed E-state index contributed by atoms with van der Waals surface area (Å²) in [6.07, 6.45) is 4.17. The maximum Gasteiger partial charge on any atom is 0.243 e. The van der Waals surface area contributed by atoms with Crippen LogP contribution in [0, 0.1) is 6.92 Å². The Morgan fingerprint density at radius 1 is 0.815 bits per heavy atom. The highest BCUT2D eigenvalue weighted by atomic mass is 32.2. The fourth-order valence-electron chi connectivity index (χ4n) is 4.76. The molecule has 2 aromatic carbocycles. The number of likely N-dealkylation sites (tertiary alicyclic amines) is 1. The van der Waals surface area contributed by atoms with Crippen LogP contribution in [0.1, 0.15) is 36.8 Å². The highest BCUT2D eigenvalue weighted by molar-refractivity contribution is 7.89. The molecular formula is C22H28N2O2S. The third-order valence-corrected chi connectivity index (χ3v) is 8.34. The summed E-state index contributed by atoms with van der Waals surface area (Å²) in [6.45, 7) is 5.23. The lowest BCUT2D eigenvalue weighted by Gasteiger charge is -2.47. The molecule has 2 aromatic rings. The van der Waals surface area contributed by atoms with Crippen LogP contribution in [0.3, 0.4) is 0 Å². The van der Waals surface area contributed by atoms with Gasteiger partial charge in [-0.25, -0.2) is 8.42 Å². The topological polar surface area (TPSA) is 40.6 Å². The summed E-state index contributed by atoms with van der Waals surface area (Å²) >= 11 is 0. The monoisotopic (exact) mass is 384 g/mol. The average molecular weight is 385 g/mol. The van der Waals surface area contributed by atoms with Crippen molar-refractivity contribution in [1.29, 1.82) is 0 Å².